The van der Waals surface area contributed by atoms with Crippen molar-refractivity contribution in [1.29, 1.82) is 0 Å². The van der Waals surface area contributed by atoms with Gasteiger partial charge in [-0.1, -0.05) is 54.0 Å². The topological polar surface area (TPSA) is 85.8 Å². The van der Waals surface area contributed by atoms with Crippen molar-refractivity contribution in [2.75, 3.05) is 6.54 Å². The van der Waals surface area contributed by atoms with E-state index in [9.17, 15) is 4.79 Å². The minimum Gasteiger partial charge on any atom is -0.347 e. The Balaban J connectivity index is 1.46. The summed E-state index contributed by atoms with van der Waals surface area (Å²) in [6.07, 6.45) is 1.79. The van der Waals surface area contributed by atoms with Gasteiger partial charge < -0.3 is 9.84 Å². The van der Waals surface area contributed by atoms with Crippen LogP contribution >= 0.6 is 11.6 Å². The van der Waals surface area contributed by atoms with Gasteiger partial charge in [0.1, 0.15) is 0 Å². The van der Waals surface area contributed by atoms with Crippen LogP contribution in [0.15, 0.2) is 65.3 Å². The lowest BCUT2D eigenvalue weighted by Crippen LogP contribution is -2.27. The second-order valence-electron chi connectivity index (χ2n) is 6.99. The summed E-state index contributed by atoms with van der Waals surface area (Å²) in [5.74, 6) is -0.00505. The summed E-state index contributed by atoms with van der Waals surface area (Å²) in [5, 5.41) is 11.9. The number of hydrogen-bond acceptors (Lipinski definition) is 5. The Kier molecular flexibility index (Phi) is 5.63. The van der Waals surface area contributed by atoms with Crippen LogP contribution in [-0.4, -0.2) is 32.4 Å². The molecule has 2 aromatic heterocycles. The molecule has 7 nitrogen and oxygen atoms in total. The van der Waals surface area contributed by atoms with E-state index in [-0.39, 0.29) is 11.8 Å². The van der Waals surface area contributed by atoms with Crippen molar-refractivity contribution in [3.63, 3.8) is 0 Å². The molecule has 0 aliphatic carbocycles. The largest absolute Gasteiger partial charge is 0.347 e. The quantitative estimate of drug-likeness (QED) is 0.498. The zero-order valence-corrected chi connectivity index (χ0v) is 17.3. The van der Waals surface area contributed by atoms with Crippen LogP contribution in [0.5, 0.6) is 0 Å². The summed E-state index contributed by atoms with van der Waals surface area (Å²) in [6.45, 7) is 4.36. The molecular formula is C22H20ClN5O2. The number of rotatable bonds is 6. The van der Waals surface area contributed by atoms with Gasteiger partial charge in [0.2, 0.25) is 5.82 Å². The van der Waals surface area contributed by atoms with Crippen molar-refractivity contribution < 1.29 is 9.32 Å². The molecule has 0 saturated heterocycles. The van der Waals surface area contributed by atoms with Gasteiger partial charge in [-0.3, -0.25) is 4.79 Å². The van der Waals surface area contributed by atoms with Crippen molar-refractivity contribution in [3.05, 3.63) is 83.0 Å². The third kappa shape index (κ3) is 4.26. The number of nitrogens with one attached hydrogen (secondary N) is 1. The van der Waals surface area contributed by atoms with Crippen molar-refractivity contribution in [2.45, 2.75) is 19.8 Å². The van der Waals surface area contributed by atoms with Crippen molar-refractivity contribution in [1.82, 2.24) is 25.2 Å². The highest BCUT2D eigenvalue weighted by atomic mass is 35.5. The molecule has 4 aromatic rings. The summed E-state index contributed by atoms with van der Waals surface area (Å²) < 4.78 is 6.88. The molecule has 1 amide bonds. The van der Waals surface area contributed by atoms with E-state index in [0.717, 1.165) is 16.9 Å². The van der Waals surface area contributed by atoms with Crippen LogP contribution in [-0.2, 0) is 0 Å². The highest BCUT2D eigenvalue weighted by Crippen LogP contribution is 2.22. The molecule has 0 aliphatic rings. The molecule has 2 aromatic carbocycles. The van der Waals surface area contributed by atoms with Crippen molar-refractivity contribution in [3.8, 4) is 17.1 Å². The SMILES string of the molecule is Cc1nn(-c2ccc(Cl)cc2)cc1-c1noc(C(=O)NCC(C)c2ccccc2)n1. The third-order valence-corrected chi connectivity index (χ3v) is 5.04. The molecule has 1 N–H and O–H groups in total. The zero-order valence-electron chi connectivity index (χ0n) is 16.5. The molecule has 8 heteroatoms. The molecule has 0 bridgehead atoms. The van der Waals surface area contributed by atoms with Gasteiger partial charge in [0.05, 0.1) is 16.9 Å². The van der Waals surface area contributed by atoms with E-state index in [4.69, 9.17) is 16.1 Å². The molecule has 4 rings (SSSR count). The summed E-state index contributed by atoms with van der Waals surface area (Å²) >= 11 is 5.94. The van der Waals surface area contributed by atoms with Gasteiger partial charge >= 0.3 is 11.8 Å². The van der Waals surface area contributed by atoms with Crippen molar-refractivity contribution in [2.24, 2.45) is 0 Å². The minimum atomic E-state index is -0.403. The van der Waals surface area contributed by atoms with Crippen LogP contribution in [0.25, 0.3) is 17.1 Å². The van der Waals surface area contributed by atoms with Gasteiger partial charge in [0, 0.05) is 17.8 Å². The molecule has 0 saturated carbocycles. The molecule has 152 valence electrons. The summed E-state index contributed by atoms with van der Waals surface area (Å²) in [5.41, 5.74) is 3.40. The molecule has 1 atom stereocenters. The van der Waals surface area contributed by atoms with Gasteiger partial charge in [0.25, 0.3) is 0 Å². The average Bonchev–Trinajstić information content (AvgIpc) is 3.40. The van der Waals surface area contributed by atoms with Gasteiger partial charge in [-0.25, -0.2) is 4.68 Å². The maximum absolute atomic E-state index is 12.4. The second-order valence-corrected chi connectivity index (χ2v) is 7.43. The molecule has 30 heavy (non-hydrogen) atoms. The number of carbonyl (C=O) groups excluding carboxylic acids is 1. The number of aryl methyl sites for hydroxylation is 1. The maximum atomic E-state index is 12.4. The Bertz CT molecular complexity index is 1150. The molecule has 0 fully saturated rings. The number of carbonyl (C=O) groups is 1. The van der Waals surface area contributed by atoms with E-state index < -0.39 is 5.91 Å². The fourth-order valence-electron chi connectivity index (χ4n) is 3.05. The van der Waals surface area contributed by atoms with E-state index in [1.807, 2.05) is 56.3 Å². The molecule has 2 heterocycles. The van der Waals surface area contributed by atoms with Gasteiger partial charge in [-0.2, -0.15) is 10.1 Å². The van der Waals surface area contributed by atoms with Gasteiger partial charge in [-0.05, 0) is 42.7 Å². The van der Waals surface area contributed by atoms with E-state index in [1.165, 1.54) is 0 Å². The van der Waals surface area contributed by atoms with Crippen LogP contribution in [0.3, 0.4) is 0 Å². The summed E-state index contributed by atoms with van der Waals surface area (Å²) in [6, 6.07) is 17.3. The van der Waals surface area contributed by atoms with E-state index in [1.54, 1.807) is 23.0 Å². The smallest absolute Gasteiger partial charge is 0.316 e. The van der Waals surface area contributed by atoms with Crippen LogP contribution in [0.1, 0.15) is 34.8 Å². The monoisotopic (exact) mass is 421 g/mol. The normalized spacial score (nSPS) is 12.0. The first-order chi connectivity index (χ1) is 14.5. The fraction of sp³-hybridized carbons (Fsp3) is 0.182. The number of benzene rings is 2. The lowest BCUT2D eigenvalue weighted by Gasteiger charge is -2.11. The number of halogens is 1. The first-order valence-electron chi connectivity index (χ1n) is 9.50. The molecule has 0 radical (unpaired) electrons. The molecule has 1 unspecified atom stereocenters. The molecule has 0 aliphatic heterocycles. The highest BCUT2D eigenvalue weighted by Gasteiger charge is 2.20. The second kappa shape index (κ2) is 8.51. The first kappa shape index (κ1) is 19.8. The van der Waals surface area contributed by atoms with Gasteiger partial charge in [0.15, 0.2) is 0 Å². The first-order valence-corrected chi connectivity index (χ1v) is 9.88. The Morgan fingerprint density at radius 1 is 1.17 bits per heavy atom. The van der Waals surface area contributed by atoms with Crippen LogP contribution in [0.2, 0.25) is 5.02 Å². The zero-order chi connectivity index (χ0) is 21.1. The fourth-order valence-corrected chi connectivity index (χ4v) is 3.18. The molecule has 0 spiro atoms. The lowest BCUT2D eigenvalue weighted by molar-refractivity contribution is 0.0908. The Labute approximate surface area is 178 Å². The van der Waals surface area contributed by atoms with E-state index in [0.29, 0.717) is 23.0 Å². The van der Waals surface area contributed by atoms with Crippen LogP contribution in [0, 0.1) is 6.92 Å². The number of hydrogen-bond donors (Lipinski definition) is 1. The van der Waals surface area contributed by atoms with E-state index in [2.05, 4.69) is 20.6 Å². The van der Waals surface area contributed by atoms with Crippen LogP contribution < -0.4 is 5.32 Å². The Morgan fingerprint density at radius 2 is 1.90 bits per heavy atom. The predicted molar refractivity (Wildman–Crippen MR) is 114 cm³/mol. The average molecular weight is 422 g/mol. The number of nitrogens with zero attached hydrogens (tertiary/aromatic N) is 4. The third-order valence-electron chi connectivity index (χ3n) is 4.79. The standard InChI is InChI=1S/C22H20ClN5O2/c1-14(16-6-4-3-5-7-16)12-24-21(29)22-25-20(27-30-22)19-13-28(26-15(19)2)18-10-8-17(23)9-11-18/h3-11,13-14H,12H2,1-2H3,(H,24,29). The van der Waals surface area contributed by atoms with Crippen LogP contribution in [0.4, 0.5) is 0 Å². The number of amides is 1. The number of aromatic nitrogens is 4. The Morgan fingerprint density at radius 3 is 2.63 bits per heavy atom. The predicted octanol–water partition coefficient (Wildman–Crippen LogP) is 4.42. The minimum absolute atomic E-state index is 0.0797. The molecular weight excluding hydrogens is 402 g/mol. The van der Waals surface area contributed by atoms with E-state index >= 15 is 0 Å². The highest BCUT2D eigenvalue weighted by molar-refractivity contribution is 6.30. The van der Waals surface area contributed by atoms with Gasteiger partial charge in [-0.15, -0.1) is 0 Å². The lowest BCUT2D eigenvalue weighted by atomic mass is 10.0. The van der Waals surface area contributed by atoms with Crippen molar-refractivity contribution >= 4 is 17.5 Å². The maximum Gasteiger partial charge on any atom is 0.316 e. The summed E-state index contributed by atoms with van der Waals surface area (Å²) in [7, 11) is 0. The summed E-state index contributed by atoms with van der Waals surface area (Å²) in [4.78, 5) is 16.7. The Hall–Kier alpha value is -3.45.